The average molecular weight is 429 g/mol. The zero-order chi connectivity index (χ0) is 11.2. The Labute approximate surface area is 124 Å². The van der Waals surface area contributed by atoms with E-state index in [9.17, 15) is 0 Å². The van der Waals surface area contributed by atoms with Crippen molar-refractivity contribution in [3.63, 3.8) is 0 Å². The summed E-state index contributed by atoms with van der Waals surface area (Å²) in [4.78, 5) is 4.60. The molecule has 1 aliphatic heterocycles. The van der Waals surface area contributed by atoms with Gasteiger partial charge in [0.25, 0.3) is 0 Å². The number of fused-ring (bicyclic) bond motifs is 6. The minimum Gasteiger partial charge on any atom is -0.279 e. The Morgan fingerprint density at radius 3 is 2.83 bits per heavy atom. The molecule has 4 rings (SSSR count). The molecule has 18 heavy (non-hydrogen) atoms. The molecule has 2 aromatic rings. The quantitative estimate of drug-likeness (QED) is 0.578. The number of hydrogen-bond donors (Lipinski definition) is 0. The Kier molecular flexibility index (Phi) is 3.14. The molecule has 2 unspecified atom stereocenters. The molecule has 91 valence electrons. The molecule has 3 heteroatoms. The van der Waals surface area contributed by atoms with E-state index in [1.807, 2.05) is 23.4 Å². The molecule has 0 saturated carbocycles. The number of aliphatic imine (C=N–C) groups is 1. The molecular formula is C15H10IrNS-. The largest absolute Gasteiger partial charge is 0.279 e. The van der Waals surface area contributed by atoms with Crippen LogP contribution in [-0.4, -0.2) is 5.55 Å². The fourth-order valence-electron chi connectivity index (χ4n) is 2.71. The van der Waals surface area contributed by atoms with E-state index in [4.69, 9.17) is 0 Å². The number of benzene rings is 2. The van der Waals surface area contributed by atoms with Crippen LogP contribution in [0.4, 0.5) is 0 Å². The van der Waals surface area contributed by atoms with E-state index in [1.165, 1.54) is 22.3 Å². The van der Waals surface area contributed by atoms with Gasteiger partial charge in [0.15, 0.2) is 0 Å². The van der Waals surface area contributed by atoms with Crippen LogP contribution in [0.3, 0.4) is 0 Å². The summed E-state index contributed by atoms with van der Waals surface area (Å²) < 4.78 is 0. The number of nitrogens with zero attached hydrogens (tertiary/aromatic N) is 1. The molecule has 2 atom stereocenters. The molecular weight excluding hydrogens is 418 g/mol. The molecule has 0 saturated heterocycles. The van der Waals surface area contributed by atoms with Crippen LogP contribution < -0.4 is 0 Å². The summed E-state index contributed by atoms with van der Waals surface area (Å²) in [6.45, 7) is 0. The maximum Gasteiger partial charge on any atom is 0.0701 e. The summed E-state index contributed by atoms with van der Waals surface area (Å²) in [5.41, 5.74) is 7.29. The summed E-state index contributed by atoms with van der Waals surface area (Å²) in [5.74, 6) is 0. The van der Waals surface area contributed by atoms with Crippen molar-refractivity contribution in [2.75, 3.05) is 0 Å². The predicted molar refractivity (Wildman–Crippen MR) is 72.3 cm³/mol. The van der Waals surface area contributed by atoms with E-state index in [1.54, 1.807) is 0 Å². The molecule has 2 aliphatic rings. The van der Waals surface area contributed by atoms with Crippen molar-refractivity contribution in [1.82, 2.24) is 0 Å². The minimum atomic E-state index is 0. The Bertz CT molecular complexity index is 623. The summed E-state index contributed by atoms with van der Waals surface area (Å²) in [5, 5.41) is 0.442. The van der Waals surface area contributed by atoms with Gasteiger partial charge in [-0.15, -0.1) is 22.9 Å². The predicted octanol–water partition coefficient (Wildman–Crippen LogP) is 4.02. The van der Waals surface area contributed by atoms with Gasteiger partial charge >= 0.3 is 0 Å². The molecule has 0 aromatic heterocycles. The van der Waals surface area contributed by atoms with Crippen molar-refractivity contribution in [3.8, 4) is 11.1 Å². The van der Waals surface area contributed by atoms with E-state index in [2.05, 4.69) is 47.5 Å². The third-order valence-electron chi connectivity index (χ3n) is 3.46. The van der Waals surface area contributed by atoms with Gasteiger partial charge < -0.3 is 0 Å². The molecule has 1 nitrogen and oxygen atoms in total. The molecule has 0 bridgehead atoms. The maximum absolute atomic E-state index is 4.60. The van der Waals surface area contributed by atoms with Crippen LogP contribution in [0.5, 0.6) is 0 Å². The van der Waals surface area contributed by atoms with Gasteiger partial charge in [0.2, 0.25) is 0 Å². The van der Waals surface area contributed by atoms with Gasteiger partial charge in [-0.05, 0) is 5.56 Å². The average Bonchev–Trinajstić information content (AvgIpc) is 2.89. The van der Waals surface area contributed by atoms with Crippen LogP contribution in [0, 0.1) is 6.07 Å². The second-order valence-corrected chi connectivity index (χ2v) is 5.33. The summed E-state index contributed by atoms with van der Waals surface area (Å²) in [6.07, 6.45) is 0. The van der Waals surface area contributed by atoms with Gasteiger partial charge in [0.05, 0.1) is 16.8 Å². The van der Waals surface area contributed by atoms with E-state index in [0.29, 0.717) is 5.25 Å². The summed E-state index contributed by atoms with van der Waals surface area (Å²) in [6, 6.07) is 18.5. The topological polar surface area (TPSA) is 12.4 Å². The van der Waals surface area contributed by atoms with E-state index < -0.39 is 0 Å². The Morgan fingerprint density at radius 1 is 1.06 bits per heavy atom. The van der Waals surface area contributed by atoms with E-state index in [0.717, 1.165) is 0 Å². The third-order valence-corrected chi connectivity index (χ3v) is 4.51. The molecule has 2 aromatic carbocycles. The molecule has 1 radical (unpaired) electrons. The van der Waals surface area contributed by atoms with E-state index in [-0.39, 0.29) is 26.1 Å². The fraction of sp³-hybridized carbons (Fsp3) is 0.133. The first kappa shape index (κ1) is 12.2. The normalized spacial score (nSPS) is 22.7. The minimum absolute atomic E-state index is 0. The van der Waals surface area contributed by atoms with Gasteiger partial charge in [-0.2, -0.15) is 24.3 Å². The SMILES string of the molecule is [Ir].[c-]1cccc2c1C1N=CSC1c1ccccc1-2. The third kappa shape index (κ3) is 1.62. The van der Waals surface area contributed by atoms with Gasteiger partial charge in [0, 0.05) is 20.1 Å². The smallest absolute Gasteiger partial charge is 0.0701 e. The van der Waals surface area contributed by atoms with Crippen molar-refractivity contribution in [3.05, 3.63) is 59.7 Å². The van der Waals surface area contributed by atoms with Crippen molar-refractivity contribution in [1.29, 1.82) is 0 Å². The zero-order valence-corrected chi connectivity index (χ0v) is 12.7. The molecule has 0 spiro atoms. The monoisotopic (exact) mass is 429 g/mol. The van der Waals surface area contributed by atoms with Crippen LogP contribution in [0.25, 0.3) is 11.1 Å². The Balaban J connectivity index is 0.000001000. The first-order chi connectivity index (χ1) is 8.45. The zero-order valence-electron chi connectivity index (χ0n) is 9.46. The molecule has 0 N–H and O–H groups in total. The van der Waals surface area contributed by atoms with Crippen molar-refractivity contribution < 1.29 is 20.1 Å². The molecule has 0 amide bonds. The Morgan fingerprint density at radius 2 is 1.89 bits per heavy atom. The number of rotatable bonds is 0. The van der Waals surface area contributed by atoms with Gasteiger partial charge in [-0.1, -0.05) is 29.8 Å². The van der Waals surface area contributed by atoms with Crippen molar-refractivity contribution in [2.45, 2.75) is 11.3 Å². The maximum atomic E-state index is 4.60. The fourth-order valence-corrected chi connectivity index (χ4v) is 3.75. The first-order valence-corrected chi connectivity index (χ1v) is 6.66. The number of hydrogen-bond acceptors (Lipinski definition) is 2. The van der Waals surface area contributed by atoms with Crippen molar-refractivity contribution >= 4 is 17.3 Å². The van der Waals surface area contributed by atoms with Crippen molar-refractivity contribution in [2.24, 2.45) is 4.99 Å². The second kappa shape index (κ2) is 4.65. The second-order valence-electron chi connectivity index (χ2n) is 4.34. The van der Waals surface area contributed by atoms with Crippen LogP contribution in [0.2, 0.25) is 0 Å². The number of thioether (sulfide) groups is 1. The molecule has 1 aliphatic carbocycles. The standard InChI is InChI=1S/C15H10NS.Ir/c1-3-7-12-10(5-1)11-6-2-4-8-13(11)15-14(12)16-9-17-15;/h1-6,8-9,14-15H;/q-1;. The molecule has 1 heterocycles. The van der Waals surface area contributed by atoms with Gasteiger partial charge in [0.1, 0.15) is 0 Å². The van der Waals surface area contributed by atoms with Crippen LogP contribution in [0.15, 0.2) is 47.5 Å². The van der Waals surface area contributed by atoms with Gasteiger partial charge in [-0.3, -0.25) is 4.99 Å². The van der Waals surface area contributed by atoms with Crippen LogP contribution in [-0.2, 0) is 20.1 Å². The van der Waals surface area contributed by atoms with Crippen LogP contribution >= 0.6 is 11.8 Å². The first-order valence-electron chi connectivity index (χ1n) is 5.72. The summed E-state index contributed by atoms with van der Waals surface area (Å²) >= 11 is 1.82. The summed E-state index contributed by atoms with van der Waals surface area (Å²) in [7, 11) is 0. The van der Waals surface area contributed by atoms with E-state index >= 15 is 0 Å². The van der Waals surface area contributed by atoms with Crippen LogP contribution in [0.1, 0.15) is 22.4 Å². The van der Waals surface area contributed by atoms with Gasteiger partial charge in [-0.25, -0.2) is 0 Å². The molecule has 0 fully saturated rings. The Hall–Kier alpha value is -0.891.